The molecule has 0 aliphatic carbocycles. The Morgan fingerprint density at radius 3 is 2.50 bits per heavy atom. The maximum atomic E-state index is 10.7. The van der Waals surface area contributed by atoms with E-state index in [9.17, 15) is 25.2 Å². The van der Waals surface area contributed by atoms with Gasteiger partial charge in [0.15, 0.2) is 5.82 Å². The van der Waals surface area contributed by atoms with Crippen molar-refractivity contribution >= 4 is 5.97 Å². The van der Waals surface area contributed by atoms with E-state index in [0.717, 1.165) is 4.68 Å². The number of carbonyl (C=O) groups is 1. The minimum absolute atomic E-state index is 0. The molecule has 1 aromatic heterocycles. The van der Waals surface area contributed by atoms with Crippen LogP contribution >= 0.6 is 0 Å². The second kappa shape index (κ2) is 4.73. The number of carbonyl (C=O) groups excluding carboxylic acids is 1. The first-order chi connectivity index (χ1) is 7.04. The van der Waals surface area contributed by atoms with Crippen LogP contribution in [0.5, 0.6) is 0 Å². The van der Waals surface area contributed by atoms with Crippen LogP contribution < -0.4 is 34.7 Å². The van der Waals surface area contributed by atoms with E-state index in [4.69, 9.17) is 0 Å². The van der Waals surface area contributed by atoms with E-state index >= 15 is 0 Å². The van der Waals surface area contributed by atoms with E-state index in [0.29, 0.717) is 0 Å². The van der Waals surface area contributed by atoms with Gasteiger partial charge >= 0.3 is 29.6 Å². The zero-order chi connectivity index (χ0) is 11.2. The first kappa shape index (κ1) is 13.5. The second-order valence-electron chi connectivity index (χ2n) is 3.17. The predicted octanol–water partition coefficient (Wildman–Crippen LogP) is -7.26. The van der Waals surface area contributed by atoms with Gasteiger partial charge in [-0.3, -0.25) is 0 Å². The van der Waals surface area contributed by atoms with Gasteiger partial charge < -0.3 is 25.2 Å². The molecule has 10 heteroatoms. The van der Waals surface area contributed by atoms with Crippen LogP contribution in [0.3, 0.4) is 0 Å². The molecule has 2 heterocycles. The first-order valence-electron chi connectivity index (χ1n) is 4.07. The summed E-state index contributed by atoms with van der Waals surface area (Å²) < 4.78 is 0.720. The van der Waals surface area contributed by atoms with Crippen molar-refractivity contribution in [2.75, 3.05) is 0 Å². The van der Waals surface area contributed by atoms with Crippen LogP contribution in [0.4, 0.5) is 0 Å². The minimum Gasteiger partial charge on any atom is -0.548 e. The molecule has 1 aliphatic rings. The van der Waals surface area contributed by atoms with E-state index in [1.54, 1.807) is 0 Å². The Kier molecular flexibility index (Phi) is 3.99. The quantitative estimate of drug-likeness (QED) is 0.409. The van der Waals surface area contributed by atoms with Crippen molar-refractivity contribution in [3.05, 3.63) is 5.82 Å². The number of aliphatic hydroxyl groups excluding tert-OH is 3. The van der Waals surface area contributed by atoms with E-state index < -0.39 is 30.3 Å². The Morgan fingerprint density at radius 2 is 1.94 bits per heavy atom. The average molecular weight is 238 g/mol. The van der Waals surface area contributed by atoms with Gasteiger partial charge in [0.2, 0.25) is 0 Å². The number of aliphatic hydroxyl groups is 3. The first-order valence-corrected chi connectivity index (χ1v) is 4.07. The summed E-state index contributed by atoms with van der Waals surface area (Å²) in [5, 5.41) is 48.6. The fraction of sp³-hybridized carbons (Fsp3) is 0.667. The molecule has 0 amide bonds. The summed E-state index contributed by atoms with van der Waals surface area (Å²) in [6.45, 7) is 0. The summed E-state index contributed by atoms with van der Waals surface area (Å²) in [7, 11) is 0. The van der Waals surface area contributed by atoms with E-state index in [-0.39, 0.29) is 35.4 Å². The van der Waals surface area contributed by atoms with Gasteiger partial charge in [0, 0.05) is 0 Å². The third-order valence-corrected chi connectivity index (χ3v) is 2.28. The fourth-order valence-corrected chi connectivity index (χ4v) is 1.50. The molecule has 0 aromatic carbocycles. The zero-order valence-electron chi connectivity index (χ0n) is 8.26. The summed E-state index contributed by atoms with van der Waals surface area (Å²) in [4.78, 5) is 10.7. The van der Waals surface area contributed by atoms with Crippen LogP contribution in [0.1, 0.15) is 18.0 Å². The molecule has 0 bridgehead atoms. The van der Waals surface area contributed by atoms with Crippen molar-refractivity contribution in [2.24, 2.45) is 0 Å². The molecule has 0 radical (unpaired) electrons. The number of fused-ring (bicyclic) bond motifs is 1. The van der Waals surface area contributed by atoms with Crippen molar-refractivity contribution in [3.63, 3.8) is 0 Å². The van der Waals surface area contributed by atoms with Crippen LogP contribution in [0.15, 0.2) is 0 Å². The molecule has 1 aromatic rings. The number of carboxylic acid groups (broad SMARTS) is 1. The Labute approximate surface area is 111 Å². The summed E-state index contributed by atoms with van der Waals surface area (Å²) in [5.41, 5.74) is 0. The van der Waals surface area contributed by atoms with Crippen LogP contribution in [0, 0.1) is 0 Å². The van der Waals surface area contributed by atoms with E-state index in [2.05, 4.69) is 15.5 Å². The summed E-state index contributed by atoms with van der Waals surface area (Å²) in [6, 6.07) is -1.60. The average Bonchev–Trinajstić information content (AvgIpc) is 2.62. The molecule has 4 atom stereocenters. The van der Waals surface area contributed by atoms with Gasteiger partial charge in [0.1, 0.15) is 24.4 Å². The van der Waals surface area contributed by atoms with Gasteiger partial charge in [0.05, 0.1) is 5.97 Å². The van der Waals surface area contributed by atoms with Crippen molar-refractivity contribution in [1.82, 2.24) is 20.2 Å². The summed E-state index contributed by atoms with van der Waals surface area (Å²) in [5.74, 6) is -1.86. The van der Waals surface area contributed by atoms with Crippen LogP contribution in [0.25, 0.3) is 0 Å². The number of hydrogen-bond donors (Lipinski definition) is 3. The SMILES string of the molecule is O=C([O-])[C@H]1[C@@H](O)[C@H](O)[C@@H](O)c2nnnn21.[Na+]. The number of aromatic nitrogens is 4. The van der Waals surface area contributed by atoms with Crippen molar-refractivity contribution < 1.29 is 54.8 Å². The number of carboxylic acids is 1. The Bertz CT molecular complexity index is 398. The Hall–Kier alpha value is -0.580. The zero-order valence-corrected chi connectivity index (χ0v) is 10.3. The molecule has 9 nitrogen and oxygen atoms in total. The summed E-state index contributed by atoms with van der Waals surface area (Å²) in [6.07, 6.45) is -4.90. The molecule has 0 spiro atoms. The Morgan fingerprint density at radius 1 is 1.31 bits per heavy atom. The van der Waals surface area contributed by atoms with E-state index in [1.807, 2.05) is 0 Å². The van der Waals surface area contributed by atoms with Gasteiger partial charge in [0.25, 0.3) is 0 Å². The monoisotopic (exact) mass is 238 g/mol. The number of hydrogen-bond acceptors (Lipinski definition) is 8. The second-order valence-corrected chi connectivity index (χ2v) is 3.17. The van der Waals surface area contributed by atoms with Crippen LogP contribution in [0.2, 0.25) is 0 Å². The normalized spacial score (nSPS) is 32.7. The Balaban J connectivity index is 0.00000128. The number of tetrazole rings is 1. The van der Waals surface area contributed by atoms with Gasteiger partial charge in [-0.15, -0.1) is 5.10 Å². The molecule has 82 valence electrons. The van der Waals surface area contributed by atoms with Crippen LogP contribution in [-0.4, -0.2) is 53.7 Å². The van der Waals surface area contributed by atoms with Crippen LogP contribution in [-0.2, 0) is 4.79 Å². The van der Waals surface area contributed by atoms with E-state index in [1.165, 1.54) is 0 Å². The fourth-order valence-electron chi connectivity index (χ4n) is 1.50. The number of nitrogens with zero attached hydrogens (tertiary/aromatic N) is 4. The molecule has 0 saturated carbocycles. The molecule has 2 rings (SSSR count). The predicted molar refractivity (Wildman–Crippen MR) is 38.8 cm³/mol. The number of rotatable bonds is 1. The van der Waals surface area contributed by atoms with Gasteiger partial charge in [-0.05, 0) is 10.4 Å². The topological polar surface area (TPSA) is 144 Å². The molecule has 3 N–H and O–H groups in total. The van der Waals surface area contributed by atoms with Crippen molar-refractivity contribution in [2.45, 2.75) is 24.4 Å². The molecular formula is C6H7N4NaO5. The standard InChI is InChI=1S/C6H8N4O5.Na/c11-2-1(6(14)15)10-5(7-8-9-10)4(13)3(2)12;/h1-4,11-13H,(H,14,15);/q;+1/p-1/t1-,2-,3+,4-;/m1./s1. The van der Waals surface area contributed by atoms with Gasteiger partial charge in [-0.1, -0.05) is 0 Å². The third kappa shape index (κ3) is 1.85. The molecule has 1 aliphatic heterocycles. The number of aliphatic carboxylic acids is 1. The maximum absolute atomic E-state index is 10.7. The largest absolute Gasteiger partial charge is 1.00 e. The summed E-state index contributed by atoms with van der Waals surface area (Å²) >= 11 is 0. The van der Waals surface area contributed by atoms with Gasteiger partial charge in [-0.2, -0.15) is 0 Å². The third-order valence-electron chi connectivity index (χ3n) is 2.28. The molecule has 0 saturated heterocycles. The smallest absolute Gasteiger partial charge is 0.548 e. The maximum Gasteiger partial charge on any atom is 1.00 e. The van der Waals surface area contributed by atoms with Gasteiger partial charge in [-0.25, -0.2) is 4.68 Å². The van der Waals surface area contributed by atoms with Crippen molar-refractivity contribution in [1.29, 1.82) is 0 Å². The molecular weight excluding hydrogens is 231 g/mol. The molecule has 0 fully saturated rings. The molecule has 16 heavy (non-hydrogen) atoms. The molecule has 0 unspecified atom stereocenters. The minimum atomic E-state index is -1.72. The van der Waals surface area contributed by atoms with Crippen molar-refractivity contribution in [3.8, 4) is 0 Å².